The minimum atomic E-state index is -2.90. The van der Waals surface area contributed by atoms with E-state index < -0.39 is 9.84 Å². The van der Waals surface area contributed by atoms with Gasteiger partial charge in [-0.25, -0.2) is 8.42 Å². The lowest BCUT2D eigenvalue weighted by atomic mass is 10.0. The zero-order valence-corrected chi connectivity index (χ0v) is 18.0. The fourth-order valence-corrected chi connectivity index (χ4v) is 5.81. The number of amides is 1. The number of hydrogen-bond acceptors (Lipinski definition) is 6. The molecule has 0 unspecified atom stereocenters. The number of aromatic nitrogens is 3. The molecule has 0 aliphatic carbocycles. The molecule has 0 bridgehead atoms. The van der Waals surface area contributed by atoms with Crippen molar-refractivity contribution in [1.82, 2.24) is 14.8 Å². The molecule has 1 atom stereocenters. The summed E-state index contributed by atoms with van der Waals surface area (Å²) >= 11 is 1.32. The maximum atomic E-state index is 12.2. The van der Waals surface area contributed by atoms with Crippen LogP contribution >= 0.6 is 11.8 Å². The molecule has 0 spiro atoms. The third-order valence-corrected chi connectivity index (χ3v) is 7.77. The van der Waals surface area contributed by atoms with Gasteiger partial charge in [0.15, 0.2) is 15.0 Å². The van der Waals surface area contributed by atoms with E-state index in [0.29, 0.717) is 23.9 Å². The summed E-state index contributed by atoms with van der Waals surface area (Å²) in [5.74, 6) is 1.92. The Bertz CT molecular complexity index is 937. The lowest BCUT2D eigenvalue weighted by Gasteiger charge is -2.09. The lowest BCUT2D eigenvalue weighted by Crippen LogP contribution is -2.15. The predicted octanol–water partition coefficient (Wildman–Crippen LogP) is 2.65. The van der Waals surface area contributed by atoms with E-state index in [4.69, 9.17) is 0 Å². The number of sulfone groups is 1. The molecule has 2 heterocycles. The van der Waals surface area contributed by atoms with Gasteiger partial charge in [-0.1, -0.05) is 37.7 Å². The van der Waals surface area contributed by atoms with Gasteiger partial charge in [-0.2, -0.15) is 0 Å². The van der Waals surface area contributed by atoms with E-state index in [2.05, 4.69) is 29.4 Å². The number of rotatable bonds is 7. The Morgan fingerprint density at radius 1 is 1.29 bits per heavy atom. The smallest absolute Gasteiger partial charge is 0.234 e. The van der Waals surface area contributed by atoms with Gasteiger partial charge in [0.1, 0.15) is 5.82 Å². The summed E-state index contributed by atoms with van der Waals surface area (Å²) in [4.78, 5) is 12.2. The number of hydrogen-bond donors (Lipinski definition) is 1. The maximum Gasteiger partial charge on any atom is 0.234 e. The van der Waals surface area contributed by atoms with Gasteiger partial charge in [0.2, 0.25) is 5.91 Å². The number of nitrogens with one attached hydrogen (secondary N) is 1. The molecule has 1 aliphatic rings. The molecule has 28 heavy (non-hydrogen) atoms. The van der Waals surface area contributed by atoms with E-state index in [1.54, 1.807) is 0 Å². The van der Waals surface area contributed by atoms with Gasteiger partial charge >= 0.3 is 0 Å². The zero-order chi connectivity index (χ0) is 20.3. The van der Waals surface area contributed by atoms with Crippen LogP contribution in [0, 0.1) is 5.92 Å². The van der Waals surface area contributed by atoms with Crippen LogP contribution in [0.25, 0.3) is 0 Å². The highest BCUT2D eigenvalue weighted by Crippen LogP contribution is 2.24. The lowest BCUT2D eigenvalue weighted by molar-refractivity contribution is -0.113. The number of benzene rings is 1. The van der Waals surface area contributed by atoms with Crippen molar-refractivity contribution in [3.8, 4) is 0 Å². The average molecular weight is 423 g/mol. The van der Waals surface area contributed by atoms with Gasteiger partial charge in [-0.15, -0.1) is 10.2 Å². The molecule has 1 aliphatic heterocycles. The van der Waals surface area contributed by atoms with E-state index in [9.17, 15) is 13.2 Å². The molecule has 1 aromatic heterocycles. The van der Waals surface area contributed by atoms with Crippen LogP contribution in [0.2, 0.25) is 0 Å². The number of nitrogens with zero attached hydrogens (tertiary/aromatic N) is 3. The van der Waals surface area contributed by atoms with E-state index in [-0.39, 0.29) is 29.1 Å². The second kappa shape index (κ2) is 8.65. The van der Waals surface area contributed by atoms with Crippen LogP contribution in [0.1, 0.15) is 37.6 Å². The second-order valence-corrected chi connectivity index (χ2v) is 10.7. The SMILES string of the molecule is CC(C)c1ccc(NC(=O)CSc2nnc(C[C@H]3CCS(=O)(=O)C3)n2C)cc1. The Kier molecular flexibility index (Phi) is 6.44. The number of carbonyl (C=O) groups excluding carboxylic acids is 1. The van der Waals surface area contributed by atoms with Gasteiger partial charge in [0.25, 0.3) is 0 Å². The van der Waals surface area contributed by atoms with Crippen molar-refractivity contribution in [2.75, 3.05) is 22.6 Å². The third-order valence-electron chi connectivity index (χ3n) is 4.92. The first-order valence-electron chi connectivity index (χ1n) is 9.35. The molecular weight excluding hydrogens is 396 g/mol. The predicted molar refractivity (Wildman–Crippen MR) is 111 cm³/mol. The maximum absolute atomic E-state index is 12.2. The molecule has 3 rings (SSSR count). The van der Waals surface area contributed by atoms with E-state index >= 15 is 0 Å². The van der Waals surface area contributed by atoms with Crippen LogP contribution in [-0.2, 0) is 28.1 Å². The fourth-order valence-electron chi connectivity index (χ4n) is 3.22. The standard InChI is InChI=1S/C19H26N4O3S2/c1-13(2)15-4-6-16(7-5-15)20-18(24)11-27-19-22-21-17(23(19)3)10-14-8-9-28(25,26)12-14/h4-7,13-14H,8-12H2,1-3H3,(H,20,24)/t14-/m1/s1. The summed E-state index contributed by atoms with van der Waals surface area (Å²) < 4.78 is 25.1. The van der Waals surface area contributed by atoms with E-state index in [1.807, 2.05) is 35.9 Å². The van der Waals surface area contributed by atoms with Gasteiger partial charge in [0.05, 0.1) is 17.3 Å². The highest BCUT2D eigenvalue weighted by Gasteiger charge is 2.29. The van der Waals surface area contributed by atoms with Crippen molar-refractivity contribution < 1.29 is 13.2 Å². The molecule has 9 heteroatoms. The van der Waals surface area contributed by atoms with Crippen LogP contribution in [0.4, 0.5) is 5.69 Å². The molecule has 1 saturated heterocycles. The first-order chi connectivity index (χ1) is 13.2. The van der Waals surface area contributed by atoms with Crippen molar-refractivity contribution in [2.24, 2.45) is 13.0 Å². The van der Waals surface area contributed by atoms with Crippen LogP contribution in [-0.4, -0.2) is 46.3 Å². The van der Waals surface area contributed by atoms with Gasteiger partial charge in [0, 0.05) is 19.2 Å². The van der Waals surface area contributed by atoms with Crippen LogP contribution in [0.15, 0.2) is 29.4 Å². The number of anilines is 1. The highest BCUT2D eigenvalue weighted by atomic mass is 32.2. The topological polar surface area (TPSA) is 94.0 Å². The summed E-state index contributed by atoms with van der Waals surface area (Å²) in [6, 6.07) is 7.86. The minimum absolute atomic E-state index is 0.0999. The zero-order valence-electron chi connectivity index (χ0n) is 16.4. The summed E-state index contributed by atoms with van der Waals surface area (Å²) in [7, 11) is -1.05. The first kappa shape index (κ1) is 20.9. The molecule has 0 saturated carbocycles. The van der Waals surface area contributed by atoms with Gasteiger partial charge in [-0.3, -0.25) is 4.79 Å². The fraction of sp³-hybridized carbons (Fsp3) is 0.526. The highest BCUT2D eigenvalue weighted by molar-refractivity contribution is 7.99. The molecule has 7 nitrogen and oxygen atoms in total. The molecule has 2 aromatic rings. The third kappa shape index (κ3) is 5.35. The monoisotopic (exact) mass is 422 g/mol. The second-order valence-electron chi connectivity index (χ2n) is 7.54. The number of thioether (sulfide) groups is 1. The van der Waals surface area contributed by atoms with Crippen LogP contribution < -0.4 is 5.32 Å². The molecule has 0 radical (unpaired) electrons. The Morgan fingerprint density at radius 3 is 2.61 bits per heavy atom. The summed E-state index contributed by atoms with van der Waals surface area (Å²) in [5.41, 5.74) is 2.00. The van der Waals surface area contributed by atoms with E-state index in [0.717, 1.165) is 11.5 Å². The molecule has 1 aromatic carbocycles. The quantitative estimate of drug-likeness (QED) is 0.690. The summed E-state index contributed by atoms with van der Waals surface area (Å²) in [6.07, 6.45) is 1.27. The van der Waals surface area contributed by atoms with Gasteiger partial charge < -0.3 is 9.88 Å². The Labute approximate surface area is 170 Å². The minimum Gasteiger partial charge on any atom is -0.325 e. The van der Waals surface area contributed by atoms with Gasteiger partial charge in [-0.05, 0) is 36.0 Å². The first-order valence-corrected chi connectivity index (χ1v) is 12.2. The average Bonchev–Trinajstić information content (AvgIpc) is 3.16. The van der Waals surface area contributed by atoms with Crippen LogP contribution in [0.5, 0.6) is 0 Å². The van der Waals surface area contributed by atoms with Crippen molar-refractivity contribution in [3.63, 3.8) is 0 Å². The van der Waals surface area contributed by atoms with Crippen molar-refractivity contribution in [2.45, 2.75) is 37.8 Å². The van der Waals surface area contributed by atoms with Crippen LogP contribution in [0.3, 0.4) is 0 Å². The van der Waals surface area contributed by atoms with Crippen molar-refractivity contribution in [3.05, 3.63) is 35.7 Å². The Morgan fingerprint density at radius 2 is 2.00 bits per heavy atom. The molecule has 1 amide bonds. The van der Waals surface area contributed by atoms with Crippen molar-refractivity contribution >= 4 is 33.2 Å². The summed E-state index contributed by atoms with van der Waals surface area (Å²) in [6.45, 7) is 4.26. The Balaban J connectivity index is 1.52. The van der Waals surface area contributed by atoms with Crippen molar-refractivity contribution in [1.29, 1.82) is 0 Å². The normalized spacial score (nSPS) is 18.5. The Hall–Kier alpha value is -1.87. The molecule has 1 fully saturated rings. The van der Waals surface area contributed by atoms with E-state index in [1.165, 1.54) is 17.3 Å². The largest absolute Gasteiger partial charge is 0.325 e. The molecular formula is C19H26N4O3S2. The summed E-state index contributed by atoms with van der Waals surface area (Å²) in [5, 5.41) is 11.9. The molecule has 1 N–H and O–H groups in total. The number of carbonyl (C=O) groups is 1. The molecule has 152 valence electrons.